The second-order valence-electron chi connectivity index (χ2n) is 7.12. The average Bonchev–Trinajstić information content (AvgIpc) is 2.76. The minimum absolute atomic E-state index is 0.00244. The zero-order valence-electron chi connectivity index (χ0n) is 16.9. The highest BCUT2D eigenvalue weighted by molar-refractivity contribution is 7.89. The van der Waals surface area contributed by atoms with E-state index in [2.05, 4.69) is 10.0 Å². The molecule has 0 fully saturated rings. The molecule has 3 rings (SSSR count). The Bertz CT molecular complexity index is 1000. The fraction of sp³-hybridized carbons (Fsp3) is 0.208. The predicted octanol–water partition coefficient (Wildman–Crippen LogP) is 3.69. The standard InChI is InChI=1S/C24H26N2O3S/c1-19(24(20-11-5-2-6-12-20)21-13-7-3-8-14-21)26-23(27)17-18-25-30(28,29)22-15-9-4-10-16-22/h2-16,19,24-25H,17-18H2,1H3,(H,26,27). The SMILES string of the molecule is CC(NC(=O)CCNS(=O)(=O)c1ccccc1)C(c1ccccc1)c1ccccc1. The van der Waals surface area contributed by atoms with Gasteiger partial charge in [0.05, 0.1) is 4.90 Å². The average molecular weight is 423 g/mol. The molecule has 6 heteroatoms. The number of carbonyl (C=O) groups is 1. The molecule has 3 aromatic carbocycles. The van der Waals surface area contributed by atoms with Crippen LogP contribution in [0.25, 0.3) is 0 Å². The molecule has 2 N–H and O–H groups in total. The van der Waals surface area contributed by atoms with Crippen LogP contribution in [0, 0.1) is 0 Å². The summed E-state index contributed by atoms with van der Waals surface area (Å²) in [6, 6.07) is 28.0. The molecule has 5 nitrogen and oxygen atoms in total. The summed E-state index contributed by atoms with van der Waals surface area (Å²) < 4.78 is 27.0. The molecule has 1 amide bonds. The van der Waals surface area contributed by atoms with Crippen LogP contribution >= 0.6 is 0 Å². The summed E-state index contributed by atoms with van der Waals surface area (Å²) >= 11 is 0. The van der Waals surface area contributed by atoms with Crippen LogP contribution in [0.4, 0.5) is 0 Å². The molecule has 0 aromatic heterocycles. The summed E-state index contributed by atoms with van der Waals surface area (Å²) in [5.41, 5.74) is 2.22. The lowest BCUT2D eigenvalue weighted by Crippen LogP contribution is -2.39. The quantitative estimate of drug-likeness (QED) is 0.552. The molecule has 0 saturated carbocycles. The third kappa shape index (κ3) is 5.78. The Hall–Kier alpha value is -2.96. The van der Waals surface area contributed by atoms with Gasteiger partial charge in [0.25, 0.3) is 0 Å². The molecule has 0 saturated heterocycles. The van der Waals surface area contributed by atoms with Gasteiger partial charge in [-0.15, -0.1) is 0 Å². The van der Waals surface area contributed by atoms with Crippen molar-refractivity contribution in [3.05, 3.63) is 102 Å². The van der Waals surface area contributed by atoms with Gasteiger partial charge < -0.3 is 5.32 Å². The van der Waals surface area contributed by atoms with Gasteiger partial charge in [-0.3, -0.25) is 4.79 Å². The molecule has 0 spiro atoms. The van der Waals surface area contributed by atoms with Crippen molar-refractivity contribution in [1.29, 1.82) is 0 Å². The Morgan fingerprint density at radius 2 is 1.27 bits per heavy atom. The second-order valence-corrected chi connectivity index (χ2v) is 8.88. The van der Waals surface area contributed by atoms with Gasteiger partial charge in [-0.1, -0.05) is 78.9 Å². The molecule has 0 aliphatic heterocycles. The van der Waals surface area contributed by atoms with E-state index in [-0.39, 0.29) is 35.7 Å². The molecule has 156 valence electrons. The first-order chi connectivity index (χ1) is 14.5. The number of carbonyl (C=O) groups excluding carboxylic acids is 1. The van der Waals surface area contributed by atoms with E-state index >= 15 is 0 Å². The summed E-state index contributed by atoms with van der Waals surface area (Å²) in [4.78, 5) is 12.7. The van der Waals surface area contributed by atoms with E-state index in [0.717, 1.165) is 11.1 Å². The van der Waals surface area contributed by atoms with E-state index in [1.165, 1.54) is 12.1 Å². The monoisotopic (exact) mass is 422 g/mol. The van der Waals surface area contributed by atoms with Crippen molar-refractivity contribution in [1.82, 2.24) is 10.0 Å². The van der Waals surface area contributed by atoms with Crippen molar-refractivity contribution in [3.8, 4) is 0 Å². The van der Waals surface area contributed by atoms with Crippen molar-refractivity contribution in [2.75, 3.05) is 6.54 Å². The maximum absolute atomic E-state index is 12.5. The molecule has 0 heterocycles. The number of hydrogen-bond acceptors (Lipinski definition) is 3. The van der Waals surface area contributed by atoms with Crippen LogP contribution in [0.3, 0.4) is 0 Å². The summed E-state index contributed by atoms with van der Waals surface area (Å²) in [6.45, 7) is 2.01. The maximum atomic E-state index is 12.5. The van der Waals surface area contributed by atoms with E-state index in [0.29, 0.717) is 0 Å². The van der Waals surface area contributed by atoms with E-state index in [1.807, 2.05) is 67.6 Å². The minimum Gasteiger partial charge on any atom is -0.353 e. The number of amides is 1. The second kappa shape index (κ2) is 10.2. The predicted molar refractivity (Wildman–Crippen MR) is 119 cm³/mol. The third-order valence-corrected chi connectivity index (χ3v) is 6.38. The van der Waals surface area contributed by atoms with Crippen LogP contribution in [0.15, 0.2) is 95.9 Å². The number of nitrogens with one attached hydrogen (secondary N) is 2. The topological polar surface area (TPSA) is 75.3 Å². The molecule has 0 aliphatic rings. The number of sulfonamides is 1. The molecule has 1 unspecified atom stereocenters. The lowest BCUT2D eigenvalue weighted by Gasteiger charge is -2.26. The van der Waals surface area contributed by atoms with Crippen molar-refractivity contribution in [2.24, 2.45) is 0 Å². The largest absolute Gasteiger partial charge is 0.353 e. The Morgan fingerprint density at radius 3 is 1.77 bits per heavy atom. The summed E-state index contributed by atoms with van der Waals surface area (Å²) in [5, 5.41) is 3.03. The highest BCUT2D eigenvalue weighted by Crippen LogP contribution is 2.27. The van der Waals surface area contributed by atoms with Gasteiger partial charge in [-0.25, -0.2) is 13.1 Å². The fourth-order valence-corrected chi connectivity index (χ4v) is 4.53. The zero-order valence-corrected chi connectivity index (χ0v) is 17.7. The highest BCUT2D eigenvalue weighted by atomic mass is 32.2. The van der Waals surface area contributed by atoms with Gasteiger partial charge in [0.15, 0.2) is 0 Å². The summed E-state index contributed by atoms with van der Waals surface area (Å²) in [7, 11) is -3.62. The van der Waals surface area contributed by atoms with Gasteiger partial charge in [-0.05, 0) is 30.2 Å². The van der Waals surface area contributed by atoms with Gasteiger partial charge in [0.2, 0.25) is 15.9 Å². The Labute approximate surface area is 178 Å². The Morgan fingerprint density at radius 1 is 0.800 bits per heavy atom. The summed E-state index contributed by atoms with van der Waals surface area (Å²) in [5.74, 6) is -0.201. The van der Waals surface area contributed by atoms with Gasteiger partial charge >= 0.3 is 0 Å². The molecule has 0 radical (unpaired) electrons. The molecule has 3 aromatic rings. The first kappa shape index (κ1) is 21.7. The number of benzene rings is 3. The van der Waals surface area contributed by atoms with Crippen molar-refractivity contribution >= 4 is 15.9 Å². The Kier molecular flexibility index (Phi) is 7.38. The first-order valence-electron chi connectivity index (χ1n) is 9.91. The normalized spacial score (nSPS) is 12.5. The maximum Gasteiger partial charge on any atom is 0.240 e. The van der Waals surface area contributed by atoms with Crippen LogP contribution in [0.2, 0.25) is 0 Å². The van der Waals surface area contributed by atoms with Gasteiger partial charge in [0, 0.05) is 24.9 Å². The highest BCUT2D eigenvalue weighted by Gasteiger charge is 2.23. The van der Waals surface area contributed by atoms with E-state index < -0.39 is 10.0 Å². The minimum atomic E-state index is -3.62. The summed E-state index contributed by atoms with van der Waals surface area (Å²) in [6.07, 6.45) is 0.0622. The molecule has 0 aliphatic carbocycles. The lowest BCUT2D eigenvalue weighted by atomic mass is 9.86. The van der Waals surface area contributed by atoms with E-state index in [4.69, 9.17) is 0 Å². The van der Waals surface area contributed by atoms with Gasteiger partial charge in [-0.2, -0.15) is 0 Å². The molecular formula is C24H26N2O3S. The smallest absolute Gasteiger partial charge is 0.240 e. The molecule has 1 atom stereocenters. The van der Waals surface area contributed by atoms with E-state index in [1.54, 1.807) is 18.2 Å². The first-order valence-corrected chi connectivity index (χ1v) is 11.4. The third-order valence-electron chi connectivity index (χ3n) is 4.90. The van der Waals surface area contributed by atoms with E-state index in [9.17, 15) is 13.2 Å². The van der Waals surface area contributed by atoms with Crippen molar-refractivity contribution < 1.29 is 13.2 Å². The molecular weight excluding hydrogens is 396 g/mol. The van der Waals surface area contributed by atoms with Crippen LogP contribution in [0.1, 0.15) is 30.4 Å². The number of rotatable bonds is 9. The lowest BCUT2D eigenvalue weighted by molar-refractivity contribution is -0.121. The number of hydrogen-bond donors (Lipinski definition) is 2. The van der Waals surface area contributed by atoms with Crippen LogP contribution in [0.5, 0.6) is 0 Å². The molecule has 0 bridgehead atoms. The van der Waals surface area contributed by atoms with Crippen molar-refractivity contribution in [3.63, 3.8) is 0 Å². The van der Waals surface area contributed by atoms with Crippen molar-refractivity contribution in [2.45, 2.75) is 30.2 Å². The fourth-order valence-electron chi connectivity index (χ4n) is 3.48. The Balaban J connectivity index is 1.62. The zero-order chi connectivity index (χ0) is 21.4. The van der Waals surface area contributed by atoms with Crippen LogP contribution in [-0.4, -0.2) is 26.9 Å². The molecule has 30 heavy (non-hydrogen) atoms. The van der Waals surface area contributed by atoms with Crippen LogP contribution in [-0.2, 0) is 14.8 Å². The van der Waals surface area contributed by atoms with Gasteiger partial charge in [0.1, 0.15) is 0 Å². The van der Waals surface area contributed by atoms with Crippen LogP contribution < -0.4 is 10.0 Å².